The van der Waals surface area contributed by atoms with Crippen molar-refractivity contribution in [1.29, 1.82) is 0 Å². The van der Waals surface area contributed by atoms with Crippen LogP contribution in [0.3, 0.4) is 0 Å². The van der Waals surface area contributed by atoms with Gasteiger partial charge in [-0.25, -0.2) is 0 Å². The fourth-order valence-corrected chi connectivity index (χ4v) is 2.88. The summed E-state index contributed by atoms with van der Waals surface area (Å²) in [7, 11) is 0. The Labute approximate surface area is 168 Å². The summed E-state index contributed by atoms with van der Waals surface area (Å²) in [6.45, 7) is 4.70. The minimum absolute atomic E-state index is 0.111. The highest BCUT2D eigenvalue weighted by Gasteiger charge is 2.18. The van der Waals surface area contributed by atoms with Crippen LogP contribution >= 0.6 is 15.9 Å². The van der Waals surface area contributed by atoms with Gasteiger partial charge in [0.25, 0.3) is 0 Å². The lowest BCUT2D eigenvalue weighted by atomic mass is 10.0. The molecule has 2 atom stereocenters. The number of halogens is 1. The van der Waals surface area contributed by atoms with Gasteiger partial charge >= 0.3 is 0 Å². The summed E-state index contributed by atoms with van der Waals surface area (Å²) >= 11 is 3.37. The number of aliphatic hydroxyl groups is 1. The maximum absolute atomic E-state index is 12.1. The van der Waals surface area contributed by atoms with Crippen molar-refractivity contribution in [3.05, 3.63) is 58.6 Å². The maximum atomic E-state index is 12.1. The highest BCUT2D eigenvalue weighted by atomic mass is 79.9. The van der Waals surface area contributed by atoms with Crippen LogP contribution in [0.25, 0.3) is 0 Å². The van der Waals surface area contributed by atoms with E-state index in [4.69, 9.17) is 9.47 Å². The summed E-state index contributed by atoms with van der Waals surface area (Å²) < 4.78 is 12.2. The van der Waals surface area contributed by atoms with Crippen molar-refractivity contribution in [1.82, 2.24) is 5.32 Å². The molecule has 2 aromatic carbocycles. The third-order valence-corrected chi connectivity index (χ3v) is 4.56. The summed E-state index contributed by atoms with van der Waals surface area (Å²) in [5.74, 6) is 1.27. The summed E-state index contributed by atoms with van der Waals surface area (Å²) in [6, 6.07) is 14.5. The zero-order chi connectivity index (χ0) is 19.6. The predicted octanol–water partition coefficient (Wildman–Crippen LogP) is 4.25. The minimum atomic E-state index is -0.753. The highest BCUT2D eigenvalue weighted by Crippen LogP contribution is 2.26. The van der Waals surface area contributed by atoms with E-state index >= 15 is 0 Å². The Morgan fingerprint density at radius 2 is 1.74 bits per heavy atom. The summed E-state index contributed by atoms with van der Waals surface area (Å²) in [5.41, 5.74) is 0.766. The minimum Gasteiger partial charge on any atom is -0.490 e. The average molecular weight is 436 g/mol. The van der Waals surface area contributed by atoms with Gasteiger partial charge in [-0.3, -0.25) is 4.79 Å². The molecule has 2 aromatic rings. The van der Waals surface area contributed by atoms with E-state index in [1.165, 1.54) is 0 Å². The molecule has 0 heterocycles. The zero-order valence-electron chi connectivity index (χ0n) is 15.7. The van der Waals surface area contributed by atoms with Crippen LogP contribution in [0.1, 0.15) is 38.4 Å². The summed E-state index contributed by atoms with van der Waals surface area (Å²) in [5, 5.41) is 13.2. The number of aliphatic hydroxyl groups excluding tert-OH is 1. The Morgan fingerprint density at radius 1 is 1.11 bits per heavy atom. The number of benzene rings is 2. The molecule has 0 radical (unpaired) electrons. The largest absolute Gasteiger partial charge is 0.490 e. The van der Waals surface area contributed by atoms with Crippen molar-refractivity contribution >= 4 is 21.8 Å². The molecule has 0 saturated heterocycles. The van der Waals surface area contributed by atoms with Crippen molar-refractivity contribution in [2.24, 2.45) is 0 Å². The number of carbonyl (C=O) groups excluding carboxylic acids is 1. The van der Waals surface area contributed by atoms with Crippen molar-refractivity contribution in [2.75, 3.05) is 13.2 Å². The van der Waals surface area contributed by atoms with Crippen LogP contribution in [0.4, 0.5) is 0 Å². The standard InChI is InChI=1S/C21H26BrNO4/c1-3-26-18-7-4-5-8-19(18)27-14-6-9-20(24)23-15(2)21(25)16-10-12-17(22)13-11-16/h4-5,7-8,10-13,15,21,25H,3,6,9,14H2,1-2H3,(H,23,24)/t15-,21-/m1/s1. The molecule has 0 unspecified atom stereocenters. The number of hydrogen-bond acceptors (Lipinski definition) is 4. The Morgan fingerprint density at radius 3 is 2.37 bits per heavy atom. The topological polar surface area (TPSA) is 67.8 Å². The first-order chi connectivity index (χ1) is 13.0. The second-order valence-corrected chi connectivity index (χ2v) is 7.10. The molecule has 2 rings (SSSR count). The lowest BCUT2D eigenvalue weighted by Crippen LogP contribution is -2.37. The Kier molecular flexibility index (Phi) is 8.61. The smallest absolute Gasteiger partial charge is 0.220 e. The van der Waals surface area contributed by atoms with Gasteiger partial charge in [0.05, 0.1) is 25.4 Å². The first kappa shape index (κ1) is 21.3. The van der Waals surface area contributed by atoms with Crippen LogP contribution in [0.2, 0.25) is 0 Å². The molecule has 2 N–H and O–H groups in total. The second-order valence-electron chi connectivity index (χ2n) is 6.18. The fourth-order valence-electron chi connectivity index (χ4n) is 2.61. The van der Waals surface area contributed by atoms with E-state index < -0.39 is 6.10 Å². The lowest BCUT2D eigenvalue weighted by Gasteiger charge is -2.21. The van der Waals surface area contributed by atoms with E-state index in [0.29, 0.717) is 37.6 Å². The molecule has 27 heavy (non-hydrogen) atoms. The first-order valence-electron chi connectivity index (χ1n) is 9.08. The highest BCUT2D eigenvalue weighted by molar-refractivity contribution is 9.10. The van der Waals surface area contributed by atoms with Crippen LogP contribution in [-0.2, 0) is 4.79 Å². The third kappa shape index (κ3) is 6.88. The molecular formula is C21H26BrNO4. The molecule has 0 saturated carbocycles. The molecule has 5 nitrogen and oxygen atoms in total. The van der Waals surface area contributed by atoms with Gasteiger partial charge in [0, 0.05) is 10.9 Å². The molecule has 146 valence electrons. The van der Waals surface area contributed by atoms with Crippen LogP contribution < -0.4 is 14.8 Å². The second kappa shape index (κ2) is 10.9. The number of nitrogens with one attached hydrogen (secondary N) is 1. The van der Waals surface area contributed by atoms with Gasteiger partial charge in [-0.15, -0.1) is 0 Å². The predicted molar refractivity (Wildman–Crippen MR) is 109 cm³/mol. The van der Waals surface area contributed by atoms with Gasteiger partial charge in [0.1, 0.15) is 0 Å². The number of carbonyl (C=O) groups is 1. The first-order valence-corrected chi connectivity index (χ1v) is 9.88. The van der Waals surface area contributed by atoms with Crippen LogP contribution in [-0.4, -0.2) is 30.3 Å². The number of ether oxygens (including phenoxy) is 2. The van der Waals surface area contributed by atoms with Crippen LogP contribution in [0.15, 0.2) is 53.0 Å². The van der Waals surface area contributed by atoms with Crippen molar-refractivity contribution in [3.8, 4) is 11.5 Å². The van der Waals surface area contributed by atoms with E-state index in [2.05, 4.69) is 21.2 Å². The number of para-hydroxylation sites is 2. The van der Waals surface area contributed by atoms with E-state index in [-0.39, 0.29) is 11.9 Å². The van der Waals surface area contributed by atoms with E-state index in [0.717, 1.165) is 10.0 Å². The average Bonchev–Trinajstić information content (AvgIpc) is 2.66. The van der Waals surface area contributed by atoms with Crippen molar-refractivity contribution < 1.29 is 19.4 Å². The molecule has 1 amide bonds. The zero-order valence-corrected chi connectivity index (χ0v) is 17.2. The van der Waals surface area contributed by atoms with Gasteiger partial charge in [-0.1, -0.05) is 40.2 Å². The number of rotatable bonds is 10. The third-order valence-electron chi connectivity index (χ3n) is 4.03. The molecular weight excluding hydrogens is 410 g/mol. The van der Waals surface area contributed by atoms with E-state index in [1.807, 2.05) is 55.5 Å². The van der Waals surface area contributed by atoms with Gasteiger partial charge in [-0.05, 0) is 50.1 Å². The molecule has 0 fully saturated rings. The SMILES string of the molecule is CCOc1ccccc1OCCCC(=O)N[C@H](C)[C@@H](O)c1ccc(Br)cc1. The van der Waals surface area contributed by atoms with Crippen molar-refractivity contribution in [2.45, 2.75) is 38.8 Å². The molecule has 0 aliphatic heterocycles. The summed E-state index contributed by atoms with van der Waals surface area (Å²) in [4.78, 5) is 12.1. The Balaban J connectivity index is 1.73. The molecule has 0 spiro atoms. The number of amides is 1. The van der Waals surface area contributed by atoms with Gasteiger partial charge in [0.15, 0.2) is 11.5 Å². The molecule has 0 aromatic heterocycles. The Bertz CT molecular complexity index is 720. The number of hydrogen-bond donors (Lipinski definition) is 2. The van der Waals surface area contributed by atoms with Crippen molar-refractivity contribution in [3.63, 3.8) is 0 Å². The lowest BCUT2D eigenvalue weighted by molar-refractivity contribution is -0.122. The maximum Gasteiger partial charge on any atom is 0.220 e. The molecule has 0 bridgehead atoms. The normalized spacial score (nSPS) is 12.9. The fraction of sp³-hybridized carbons (Fsp3) is 0.381. The van der Waals surface area contributed by atoms with Gasteiger partial charge in [0.2, 0.25) is 5.91 Å². The quantitative estimate of drug-likeness (QED) is 0.547. The van der Waals surface area contributed by atoms with Gasteiger partial charge in [-0.2, -0.15) is 0 Å². The Hall–Kier alpha value is -2.05. The van der Waals surface area contributed by atoms with Gasteiger partial charge < -0.3 is 19.9 Å². The monoisotopic (exact) mass is 435 g/mol. The molecule has 0 aliphatic carbocycles. The van der Waals surface area contributed by atoms with E-state index in [9.17, 15) is 9.90 Å². The van der Waals surface area contributed by atoms with E-state index in [1.54, 1.807) is 6.92 Å². The molecule has 6 heteroatoms. The van der Waals surface area contributed by atoms with Crippen LogP contribution in [0.5, 0.6) is 11.5 Å². The summed E-state index contributed by atoms with van der Waals surface area (Å²) in [6.07, 6.45) is 0.151. The molecule has 0 aliphatic rings. The van der Waals surface area contributed by atoms with Crippen LogP contribution in [0, 0.1) is 0 Å².